The largest absolute Gasteiger partial charge is 0.352 e. The predicted molar refractivity (Wildman–Crippen MR) is 83.3 cm³/mol. The third kappa shape index (κ3) is 5.05. The molecule has 0 spiro atoms. The van der Waals surface area contributed by atoms with Crippen molar-refractivity contribution in [3.8, 4) is 0 Å². The highest BCUT2D eigenvalue weighted by Gasteiger charge is 2.28. The van der Waals surface area contributed by atoms with Crippen LogP contribution in [0.15, 0.2) is 24.3 Å². The van der Waals surface area contributed by atoms with Crippen LogP contribution in [0.4, 0.5) is 0 Å². The van der Waals surface area contributed by atoms with Crippen molar-refractivity contribution < 1.29 is 9.59 Å². The smallest absolute Gasteiger partial charge is 0.251 e. The molecule has 5 heteroatoms. The standard InChI is InChI=1S/C16H21ClN2O2/c1-10(2)9-14(16(21)18-13-7-8-13)19-15(20)11-3-5-12(17)6-4-11/h3-6,10,13-14H,7-9H2,1-2H3,(H,18,21)(H,19,20). The van der Waals surface area contributed by atoms with Crippen molar-refractivity contribution in [3.05, 3.63) is 34.9 Å². The highest BCUT2D eigenvalue weighted by atomic mass is 35.5. The predicted octanol–water partition coefficient (Wildman–Crippen LogP) is 2.76. The SMILES string of the molecule is CC(C)CC(NC(=O)c1ccc(Cl)cc1)C(=O)NC1CC1. The highest BCUT2D eigenvalue weighted by Crippen LogP contribution is 2.19. The van der Waals surface area contributed by atoms with Gasteiger partial charge in [-0.1, -0.05) is 25.4 Å². The highest BCUT2D eigenvalue weighted by molar-refractivity contribution is 6.30. The molecule has 0 heterocycles. The maximum absolute atomic E-state index is 12.2. The Morgan fingerprint density at radius 1 is 1.24 bits per heavy atom. The lowest BCUT2D eigenvalue weighted by Crippen LogP contribution is -2.48. The van der Waals surface area contributed by atoms with Crippen molar-refractivity contribution in [2.45, 2.75) is 45.2 Å². The number of hydrogen-bond acceptors (Lipinski definition) is 2. The first kappa shape index (κ1) is 15.8. The topological polar surface area (TPSA) is 58.2 Å². The van der Waals surface area contributed by atoms with Crippen LogP contribution in [-0.2, 0) is 4.79 Å². The first-order valence-corrected chi connectivity index (χ1v) is 7.70. The summed E-state index contributed by atoms with van der Waals surface area (Å²) in [4.78, 5) is 24.4. The molecule has 2 N–H and O–H groups in total. The van der Waals surface area contributed by atoms with E-state index in [4.69, 9.17) is 11.6 Å². The lowest BCUT2D eigenvalue weighted by atomic mass is 10.0. The Bertz CT molecular complexity index is 510. The first-order chi connectivity index (χ1) is 9.95. The van der Waals surface area contributed by atoms with Gasteiger partial charge in [0.15, 0.2) is 0 Å². The van der Waals surface area contributed by atoms with Crippen molar-refractivity contribution in [2.24, 2.45) is 5.92 Å². The van der Waals surface area contributed by atoms with Gasteiger partial charge in [0, 0.05) is 16.6 Å². The summed E-state index contributed by atoms with van der Waals surface area (Å²) in [6.45, 7) is 4.07. The summed E-state index contributed by atoms with van der Waals surface area (Å²) in [5.74, 6) is -0.0118. The minimum Gasteiger partial charge on any atom is -0.352 e. The quantitative estimate of drug-likeness (QED) is 0.849. The third-order valence-corrected chi connectivity index (χ3v) is 3.61. The Morgan fingerprint density at radius 2 is 1.86 bits per heavy atom. The van der Waals surface area contributed by atoms with Gasteiger partial charge < -0.3 is 10.6 Å². The van der Waals surface area contributed by atoms with Gasteiger partial charge in [0.2, 0.25) is 5.91 Å². The molecule has 1 saturated carbocycles. The summed E-state index contributed by atoms with van der Waals surface area (Å²) in [6.07, 6.45) is 2.69. The zero-order valence-corrected chi connectivity index (χ0v) is 13.1. The van der Waals surface area contributed by atoms with E-state index in [1.54, 1.807) is 24.3 Å². The monoisotopic (exact) mass is 308 g/mol. The van der Waals surface area contributed by atoms with Crippen LogP contribution in [0.25, 0.3) is 0 Å². The van der Waals surface area contributed by atoms with E-state index >= 15 is 0 Å². The molecule has 4 nitrogen and oxygen atoms in total. The maximum Gasteiger partial charge on any atom is 0.251 e. The Morgan fingerprint density at radius 3 is 2.38 bits per heavy atom. The summed E-state index contributed by atoms with van der Waals surface area (Å²) in [5.41, 5.74) is 0.507. The number of amides is 2. The minimum atomic E-state index is -0.492. The molecule has 0 bridgehead atoms. The lowest BCUT2D eigenvalue weighted by Gasteiger charge is -2.20. The van der Waals surface area contributed by atoms with Crippen LogP contribution >= 0.6 is 11.6 Å². The average molecular weight is 309 g/mol. The van der Waals surface area contributed by atoms with Crippen LogP contribution in [-0.4, -0.2) is 23.9 Å². The number of rotatable bonds is 6. The first-order valence-electron chi connectivity index (χ1n) is 7.32. The van der Waals surface area contributed by atoms with Crippen LogP contribution in [0.5, 0.6) is 0 Å². The average Bonchev–Trinajstić information content (AvgIpc) is 3.22. The van der Waals surface area contributed by atoms with Crippen LogP contribution in [0.1, 0.15) is 43.5 Å². The van der Waals surface area contributed by atoms with E-state index in [-0.39, 0.29) is 11.8 Å². The Kier molecular flexibility index (Phi) is 5.23. The van der Waals surface area contributed by atoms with Gasteiger partial charge in [0.25, 0.3) is 5.91 Å². The minimum absolute atomic E-state index is 0.0893. The fourth-order valence-corrected chi connectivity index (χ4v) is 2.20. The molecule has 21 heavy (non-hydrogen) atoms. The van der Waals surface area contributed by atoms with Crippen LogP contribution in [0, 0.1) is 5.92 Å². The fraction of sp³-hybridized carbons (Fsp3) is 0.500. The third-order valence-electron chi connectivity index (χ3n) is 3.36. The number of nitrogens with one attached hydrogen (secondary N) is 2. The molecule has 1 atom stereocenters. The molecule has 1 fully saturated rings. The molecule has 0 radical (unpaired) electrons. The van der Waals surface area contributed by atoms with Crippen molar-refractivity contribution in [2.75, 3.05) is 0 Å². The molecule has 2 rings (SSSR count). The molecule has 1 unspecified atom stereocenters. The molecule has 1 aromatic rings. The Labute approximate surface area is 130 Å². The van der Waals surface area contributed by atoms with Crippen LogP contribution in [0.3, 0.4) is 0 Å². The number of carbonyl (C=O) groups is 2. The summed E-state index contributed by atoms with van der Waals surface area (Å²) >= 11 is 5.81. The van der Waals surface area contributed by atoms with Crippen molar-refractivity contribution >= 4 is 23.4 Å². The Hall–Kier alpha value is -1.55. The lowest BCUT2D eigenvalue weighted by molar-refractivity contribution is -0.123. The fourth-order valence-electron chi connectivity index (χ4n) is 2.08. The van der Waals surface area contributed by atoms with Gasteiger partial charge in [-0.25, -0.2) is 0 Å². The van der Waals surface area contributed by atoms with Crippen molar-refractivity contribution in [1.82, 2.24) is 10.6 Å². The van der Waals surface area contributed by atoms with Gasteiger partial charge in [-0.2, -0.15) is 0 Å². The number of halogens is 1. The van der Waals surface area contributed by atoms with Gasteiger partial charge in [0.1, 0.15) is 6.04 Å². The second-order valence-corrected chi connectivity index (χ2v) is 6.38. The Balaban J connectivity index is 2.00. The number of hydrogen-bond donors (Lipinski definition) is 2. The molecule has 2 amide bonds. The summed E-state index contributed by atoms with van der Waals surface area (Å²) in [6, 6.07) is 6.44. The maximum atomic E-state index is 12.2. The zero-order valence-electron chi connectivity index (χ0n) is 12.4. The molecule has 1 aliphatic carbocycles. The van der Waals surface area contributed by atoms with Crippen LogP contribution in [0.2, 0.25) is 5.02 Å². The van der Waals surface area contributed by atoms with Crippen molar-refractivity contribution in [3.63, 3.8) is 0 Å². The second-order valence-electron chi connectivity index (χ2n) is 5.95. The van der Waals surface area contributed by atoms with E-state index in [1.165, 1.54) is 0 Å². The summed E-state index contributed by atoms with van der Waals surface area (Å²) in [5, 5.41) is 6.35. The van der Waals surface area contributed by atoms with E-state index in [9.17, 15) is 9.59 Å². The van der Waals surface area contributed by atoms with Crippen LogP contribution < -0.4 is 10.6 Å². The summed E-state index contributed by atoms with van der Waals surface area (Å²) in [7, 11) is 0. The van der Waals surface area contributed by atoms with E-state index in [0.717, 1.165) is 12.8 Å². The molecular weight excluding hydrogens is 288 g/mol. The van der Waals surface area contributed by atoms with Gasteiger partial charge in [-0.05, 0) is 49.4 Å². The van der Waals surface area contributed by atoms with E-state index < -0.39 is 6.04 Å². The molecule has 0 saturated heterocycles. The molecule has 0 aromatic heterocycles. The van der Waals surface area contributed by atoms with E-state index in [1.807, 2.05) is 13.8 Å². The molecule has 0 aliphatic heterocycles. The van der Waals surface area contributed by atoms with Gasteiger partial charge in [-0.15, -0.1) is 0 Å². The molecule has 114 valence electrons. The van der Waals surface area contributed by atoms with Gasteiger partial charge in [0.05, 0.1) is 0 Å². The molecular formula is C16H21ClN2O2. The molecule has 1 aromatic carbocycles. The van der Waals surface area contributed by atoms with E-state index in [2.05, 4.69) is 10.6 Å². The number of benzene rings is 1. The normalized spacial score (nSPS) is 15.6. The van der Waals surface area contributed by atoms with Gasteiger partial charge in [-0.3, -0.25) is 9.59 Å². The molecule has 1 aliphatic rings. The summed E-state index contributed by atoms with van der Waals surface area (Å²) < 4.78 is 0. The van der Waals surface area contributed by atoms with Gasteiger partial charge >= 0.3 is 0 Å². The zero-order chi connectivity index (χ0) is 15.4. The number of carbonyl (C=O) groups excluding carboxylic acids is 2. The van der Waals surface area contributed by atoms with Crippen molar-refractivity contribution in [1.29, 1.82) is 0 Å². The van der Waals surface area contributed by atoms with E-state index in [0.29, 0.717) is 29.0 Å². The second kappa shape index (κ2) is 6.94.